The topological polar surface area (TPSA) is 102 Å². The zero-order valence-corrected chi connectivity index (χ0v) is 13.7. The van der Waals surface area contributed by atoms with Crippen LogP contribution in [0.5, 0.6) is 0 Å². The maximum absolute atomic E-state index is 7.50. The van der Waals surface area contributed by atoms with Gasteiger partial charge in [-0.25, -0.2) is 0 Å². The van der Waals surface area contributed by atoms with Crippen molar-refractivity contribution in [3.63, 3.8) is 0 Å². The Bertz CT molecular complexity index is 320. The molecular formula is C16H10MoO6. The van der Waals surface area contributed by atoms with Gasteiger partial charge in [0, 0.05) is 0 Å². The molecule has 23 heavy (non-hydrogen) atoms. The third kappa shape index (κ3) is 25.0. The van der Waals surface area contributed by atoms with Gasteiger partial charge < -0.3 is 0 Å². The molecule has 0 amide bonds. The molecule has 0 aromatic carbocycles. The summed E-state index contributed by atoms with van der Waals surface area (Å²) in [7, 11) is 0. The predicted octanol–water partition coefficient (Wildman–Crippen LogP) is 0.374. The SMILES string of the molecule is C1=CC[C]([Mo][C]2=CC=CC2)=C1.[C]=O.[C]=O.[C]=O.[C]=O.[C]=O.[C]=O. The molecule has 0 fully saturated rings. The van der Waals surface area contributed by atoms with E-state index in [9.17, 15) is 0 Å². The van der Waals surface area contributed by atoms with E-state index in [4.69, 9.17) is 28.8 Å². The fourth-order valence-corrected chi connectivity index (χ4v) is 3.61. The van der Waals surface area contributed by atoms with E-state index in [2.05, 4.69) is 77.2 Å². The van der Waals surface area contributed by atoms with Crippen LogP contribution in [0.4, 0.5) is 0 Å². The Morgan fingerprint density at radius 1 is 0.565 bits per heavy atom. The van der Waals surface area contributed by atoms with Gasteiger partial charge in [-0.3, -0.25) is 28.8 Å². The monoisotopic (exact) mass is 396 g/mol. The van der Waals surface area contributed by atoms with Crippen LogP contribution in [0.3, 0.4) is 0 Å². The van der Waals surface area contributed by atoms with E-state index >= 15 is 0 Å². The molecule has 0 aromatic rings. The first kappa shape index (κ1) is 32.6. The molecule has 0 unspecified atom stereocenters. The molecule has 6 nitrogen and oxygen atoms in total. The number of carbonyl (C=O) groups excluding carboxylic acids is 6. The summed E-state index contributed by atoms with van der Waals surface area (Å²) in [5.41, 5.74) is 0. The predicted molar refractivity (Wildman–Crippen MR) is 77.8 cm³/mol. The van der Waals surface area contributed by atoms with Crippen LogP contribution in [0.2, 0.25) is 0 Å². The molecule has 0 atom stereocenters. The van der Waals surface area contributed by atoms with Gasteiger partial charge >= 0.3 is 75.8 Å². The number of hydrogen-bond donors (Lipinski definition) is 0. The second-order valence-electron chi connectivity index (χ2n) is 2.63. The first-order valence-electron chi connectivity index (χ1n) is 5.07. The van der Waals surface area contributed by atoms with Gasteiger partial charge in [0.25, 0.3) is 40.7 Å². The van der Waals surface area contributed by atoms with E-state index in [1.54, 1.807) is 7.93 Å². The van der Waals surface area contributed by atoms with Crippen LogP contribution in [0, 0.1) is 0 Å². The molecule has 0 N–H and O–H groups in total. The molecule has 116 valence electrons. The molecule has 2 rings (SSSR count). The van der Waals surface area contributed by atoms with Crippen LogP contribution in [0.1, 0.15) is 12.8 Å². The summed E-state index contributed by atoms with van der Waals surface area (Å²) in [5, 5.41) is 0. The van der Waals surface area contributed by atoms with Crippen molar-refractivity contribution >= 4 is 40.7 Å². The Hall–Kier alpha value is -2.33. The van der Waals surface area contributed by atoms with E-state index in [0.29, 0.717) is 0 Å². The standard InChI is InChI=1S/2C5H5.6CO.Mo/c2*1-2-4-5-3-1;6*1-2;/h2*1-3H,4H2;;;;;;;. The molecule has 7 heteroatoms. The Labute approximate surface area is 145 Å². The molecule has 0 saturated heterocycles. The average Bonchev–Trinajstić information content (AvgIpc) is 3.40. The quantitative estimate of drug-likeness (QED) is 0.628. The summed E-state index contributed by atoms with van der Waals surface area (Å²) in [6.45, 7) is 27.0. The summed E-state index contributed by atoms with van der Waals surface area (Å²) in [6.07, 6.45) is 15.9. The summed E-state index contributed by atoms with van der Waals surface area (Å²) >= 11 is 0.0394. The van der Waals surface area contributed by atoms with Crippen LogP contribution in [-0.4, -0.2) is 40.7 Å². The van der Waals surface area contributed by atoms with Gasteiger partial charge in [-0.05, 0) is 0 Å². The second kappa shape index (κ2) is 42.7. The minimum absolute atomic E-state index is 0.0394. The smallest absolute Gasteiger partial charge is 0.281 e. The van der Waals surface area contributed by atoms with Crippen molar-refractivity contribution in [1.29, 1.82) is 0 Å². The van der Waals surface area contributed by atoms with Gasteiger partial charge in [0.05, 0.1) is 0 Å². The largest absolute Gasteiger partial charge is 0.281 e. The van der Waals surface area contributed by atoms with Crippen LogP contribution < -0.4 is 0 Å². The number of rotatable bonds is 2. The molecule has 0 spiro atoms. The molecule has 0 saturated carbocycles. The van der Waals surface area contributed by atoms with Crippen LogP contribution in [0.25, 0.3) is 0 Å². The van der Waals surface area contributed by atoms with Gasteiger partial charge in [0.15, 0.2) is 0 Å². The maximum Gasteiger partial charge on any atom is 0.281 e. The normalized spacial score (nSPS) is 11.0. The van der Waals surface area contributed by atoms with Crippen LogP contribution in [0.15, 0.2) is 44.4 Å². The van der Waals surface area contributed by atoms with E-state index in [1.165, 1.54) is 12.8 Å². The first-order chi connectivity index (χ1) is 11.4. The molecule has 0 aliphatic heterocycles. The second-order valence-corrected chi connectivity index (χ2v) is 5.71. The van der Waals surface area contributed by atoms with Crippen molar-refractivity contribution in [2.24, 2.45) is 0 Å². The zero-order valence-electron chi connectivity index (χ0n) is 11.7. The van der Waals surface area contributed by atoms with Crippen molar-refractivity contribution in [2.75, 3.05) is 0 Å². The fraction of sp³-hybridized carbons (Fsp3) is 0.125. The summed E-state index contributed by atoms with van der Waals surface area (Å²) in [4.78, 5) is 45.0. The molecule has 2 aliphatic carbocycles. The minimum atomic E-state index is 0.0394. The zero-order chi connectivity index (χ0) is 19.5. The summed E-state index contributed by atoms with van der Waals surface area (Å²) < 4.78 is 3.37. The Kier molecular flexibility index (Phi) is 60.5. The van der Waals surface area contributed by atoms with Gasteiger partial charge in [0.2, 0.25) is 0 Å². The van der Waals surface area contributed by atoms with E-state index in [-0.39, 0.29) is 18.6 Å². The maximum atomic E-state index is 7.50. The third-order valence-corrected chi connectivity index (χ3v) is 4.51. The Balaban J connectivity index is -0.0000000771. The summed E-state index contributed by atoms with van der Waals surface area (Å²) in [6, 6.07) is 0. The van der Waals surface area contributed by atoms with Gasteiger partial charge in [-0.2, -0.15) is 0 Å². The minimum Gasteiger partial charge on any atom is -0.281 e. The molecule has 0 bridgehead atoms. The molecular weight excluding hydrogens is 384 g/mol. The molecule has 12 radical (unpaired) electrons. The third-order valence-electron chi connectivity index (χ3n) is 1.74. The fourth-order valence-electron chi connectivity index (χ4n) is 1.17. The Morgan fingerprint density at radius 3 is 1.00 bits per heavy atom. The molecule has 0 aromatic heterocycles. The Morgan fingerprint density at radius 2 is 0.826 bits per heavy atom. The summed E-state index contributed by atoms with van der Waals surface area (Å²) in [5.74, 6) is 0. The van der Waals surface area contributed by atoms with E-state index < -0.39 is 0 Å². The van der Waals surface area contributed by atoms with E-state index in [1.807, 2.05) is 0 Å². The van der Waals surface area contributed by atoms with Gasteiger partial charge in [0.1, 0.15) is 0 Å². The van der Waals surface area contributed by atoms with Crippen LogP contribution >= 0.6 is 0 Å². The van der Waals surface area contributed by atoms with Crippen LogP contribution in [-0.2, 0) is 47.3 Å². The van der Waals surface area contributed by atoms with Crippen molar-refractivity contribution < 1.29 is 47.3 Å². The van der Waals surface area contributed by atoms with Crippen molar-refractivity contribution in [1.82, 2.24) is 0 Å². The molecule has 0 heterocycles. The number of hydrogen-bond acceptors (Lipinski definition) is 6. The average molecular weight is 394 g/mol. The molecule has 2 aliphatic rings. The van der Waals surface area contributed by atoms with Crippen molar-refractivity contribution in [2.45, 2.75) is 12.8 Å². The van der Waals surface area contributed by atoms with Crippen molar-refractivity contribution in [3.8, 4) is 0 Å². The van der Waals surface area contributed by atoms with E-state index in [0.717, 1.165) is 0 Å². The van der Waals surface area contributed by atoms with Gasteiger partial charge in [-0.1, -0.05) is 0 Å². The number of allylic oxidation sites excluding steroid dienone is 8. The van der Waals surface area contributed by atoms with Gasteiger partial charge in [-0.15, -0.1) is 0 Å². The first-order valence-corrected chi connectivity index (χ1v) is 7.07. The van der Waals surface area contributed by atoms with Crippen molar-refractivity contribution in [3.05, 3.63) is 44.4 Å².